The van der Waals surface area contributed by atoms with Crippen molar-refractivity contribution < 1.29 is 9.90 Å². The van der Waals surface area contributed by atoms with Gasteiger partial charge in [-0.3, -0.25) is 4.79 Å². The molecule has 0 spiro atoms. The quantitative estimate of drug-likeness (QED) is 0.573. The van der Waals surface area contributed by atoms with Gasteiger partial charge in [-0.15, -0.1) is 0 Å². The zero-order valence-corrected chi connectivity index (χ0v) is 7.68. The van der Waals surface area contributed by atoms with Gasteiger partial charge >= 0.3 is 31.8 Å². The minimum atomic E-state index is -0.833. The van der Waals surface area contributed by atoms with Gasteiger partial charge in [-0.1, -0.05) is 0 Å². The predicted molar refractivity (Wildman–Crippen MR) is 36.7 cm³/mol. The normalized spacial score (nSPS) is 7.62. The summed E-state index contributed by atoms with van der Waals surface area (Å²) in [5, 5.41) is 7.42. The van der Waals surface area contributed by atoms with Crippen LogP contribution in [0.2, 0.25) is 17.1 Å². The van der Waals surface area contributed by atoms with Crippen LogP contribution < -0.4 is 0 Å². The van der Waals surface area contributed by atoms with E-state index in [1.807, 2.05) is 0 Å². The summed E-state index contributed by atoms with van der Waals surface area (Å²) in [4.78, 5) is 9.00. The van der Waals surface area contributed by atoms with Crippen LogP contribution in [0, 0.1) is 0 Å². The van der Waals surface area contributed by atoms with E-state index < -0.39 is 5.97 Å². The molecule has 2 nitrogen and oxygen atoms in total. The minimum absolute atomic E-state index is 0.188. The van der Waals surface area contributed by atoms with Crippen LogP contribution in [-0.2, 0) is 4.79 Å². The number of carboxylic acid groups (broad SMARTS) is 1. The predicted octanol–water partition coefficient (Wildman–Crippen LogP) is 1.46. The molecule has 0 aromatic rings. The van der Waals surface area contributed by atoms with Crippen LogP contribution in [0.1, 0.15) is 6.92 Å². The molecule has 0 amide bonds. The molecular weight excluding hydrogens is 167 g/mol. The van der Waals surface area contributed by atoms with Gasteiger partial charge in [-0.05, 0) is 0 Å². The average molecular weight is 180 g/mol. The van der Waals surface area contributed by atoms with Crippen LogP contribution in [-0.4, -0.2) is 25.7 Å². The van der Waals surface area contributed by atoms with Crippen molar-refractivity contribution in [2.24, 2.45) is 0 Å². The van der Waals surface area contributed by atoms with Crippen LogP contribution in [0.15, 0.2) is 0 Å². The van der Waals surface area contributed by atoms with Crippen molar-refractivity contribution in [3.63, 3.8) is 0 Å². The molecular formula is C5H13AsO2. The van der Waals surface area contributed by atoms with Gasteiger partial charge in [0.15, 0.2) is 0 Å². The average Bonchev–Trinajstić information content (AvgIpc) is 1.25. The summed E-state index contributed by atoms with van der Waals surface area (Å²) in [7, 11) is 0. The summed E-state index contributed by atoms with van der Waals surface area (Å²) in [5.74, 6) is -0.833. The van der Waals surface area contributed by atoms with Crippen molar-refractivity contribution in [1.29, 1.82) is 0 Å². The Hall–Kier alpha value is 0.0284. The molecule has 0 aliphatic rings. The molecule has 50 valence electrons. The zero-order chi connectivity index (χ0) is 7.15. The SMILES string of the molecule is CC(=O)O.C[As](C)C. The molecule has 0 saturated heterocycles. The van der Waals surface area contributed by atoms with Crippen molar-refractivity contribution in [1.82, 2.24) is 0 Å². The van der Waals surface area contributed by atoms with E-state index in [1.54, 1.807) is 0 Å². The Morgan fingerprint density at radius 1 is 1.38 bits per heavy atom. The van der Waals surface area contributed by atoms with Gasteiger partial charge in [0.2, 0.25) is 0 Å². The van der Waals surface area contributed by atoms with Crippen LogP contribution in [0.4, 0.5) is 0 Å². The Balaban J connectivity index is 0. The Morgan fingerprint density at radius 3 is 1.38 bits per heavy atom. The fraction of sp³-hybridized carbons (Fsp3) is 0.800. The summed E-state index contributed by atoms with van der Waals surface area (Å²) >= 11 is -0.188. The first-order valence-electron chi connectivity index (χ1n) is 2.27. The van der Waals surface area contributed by atoms with E-state index in [4.69, 9.17) is 9.90 Å². The van der Waals surface area contributed by atoms with Crippen molar-refractivity contribution in [2.45, 2.75) is 24.1 Å². The molecule has 0 aliphatic carbocycles. The zero-order valence-electron chi connectivity index (χ0n) is 5.80. The number of hydrogen-bond donors (Lipinski definition) is 1. The molecule has 1 N–H and O–H groups in total. The van der Waals surface area contributed by atoms with Crippen LogP contribution >= 0.6 is 0 Å². The first-order valence-corrected chi connectivity index (χ1v) is 7.90. The van der Waals surface area contributed by atoms with E-state index in [2.05, 4.69) is 17.1 Å². The molecule has 0 aromatic carbocycles. The van der Waals surface area contributed by atoms with E-state index in [1.165, 1.54) is 0 Å². The van der Waals surface area contributed by atoms with Crippen LogP contribution in [0.25, 0.3) is 0 Å². The molecule has 0 bridgehead atoms. The third-order valence-electron chi connectivity index (χ3n) is 0. The van der Waals surface area contributed by atoms with Gasteiger partial charge in [-0.25, -0.2) is 0 Å². The first-order chi connectivity index (χ1) is 3.46. The first kappa shape index (κ1) is 10.9. The molecule has 0 aromatic heterocycles. The Morgan fingerprint density at radius 2 is 1.38 bits per heavy atom. The van der Waals surface area contributed by atoms with Crippen molar-refractivity contribution in [3.8, 4) is 0 Å². The van der Waals surface area contributed by atoms with Gasteiger partial charge in [0.05, 0.1) is 0 Å². The topological polar surface area (TPSA) is 37.3 Å². The molecule has 0 unspecified atom stereocenters. The Kier molecular flexibility index (Phi) is 9.59. The summed E-state index contributed by atoms with van der Waals surface area (Å²) in [6.45, 7) is 1.08. The number of carboxylic acids is 1. The second-order valence-electron chi connectivity index (χ2n) is 1.86. The van der Waals surface area contributed by atoms with Crippen LogP contribution in [0.3, 0.4) is 0 Å². The number of hydrogen-bond acceptors (Lipinski definition) is 1. The fourth-order valence-electron chi connectivity index (χ4n) is 0. The molecule has 0 heterocycles. The molecule has 0 saturated carbocycles. The van der Waals surface area contributed by atoms with Gasteiger partial charge < -0.3 is 5.11 Å². The van der Waals surface area contributed by atoms with Gasteiger partial charge in [0.1, 0.15) is 0 Å². The van der Waals surface area contributed by atoms with Crippen LogP contribution in [0.5, 0.6) is 0 Å². The summed E-state index contributed by atoms with van der Waals surface area (Å²) < 4.78 is 0. The second-order valence-corrected chi connectivity index (χ2v) is 7.49. The third-order valence-corrected chi connectivity index (χ3v) is 0. The Labute approximate surface area is 55.2 Å². The van der Waals surface area contributed by atoms with Gasteiger partial charge in [0, 0.05) is 6.92 Å². The van der Waals surface area contributed by atoms with Crippen molar-refractivity contribution >= 4 is 20.6 Å². The molecule has 3 heteroatoms. The maximum absolute atomic E-state index is 9.00. The second kappa shape index (κ2) is 7.03. The molecule has 8 heavy (non-hydrogen) atoms. The number of carbonyl (C=O) groups is 1. The molecule has 0 fully saturated rings. The van der Waals surface area contributed by atoms with E-state index in [0.717, 1.165) is 6.92 Å². The molecule has 0 atom stereocenters. The third kappa shape index (κ3) is 188000. The van der Waals surface area contributed by atoms with Crippen molar-refractivity contribution in [2.75, 3.05) is 0 Å². The Bertz CT molecular complexity index is 54.7. The van der Waals surface area contributed by atoms with E-state index in [-0.39, 0.29) is 14.7 Å². The number of aliphatic carboxylic acids is 1. The van der Waals surface area contributed by atoms with E-state index >= 15 is 0 Å². The van der Waals surface area contributed by atoms with Crippen molar-refractivity contribution in [3.05, 3.63) is 0 Å². The summed E-state index contributed by atoms with van der Waals surface area (Å²) in [6, 6.07) is 0. The van der Waals surface area contributed by atoms with E-state index in [0.29, 0.717) is 0 Å². The maximum atomic E-state index is 9.00. The number of rotatable bonds is 0. The standard InChI is InChI=1S/C3H9As.C2H4O2/c1-4(2)3;1-2(3)4/h1-3H3;1H3,(H,3,4). The van der Waals surface area contributed by atoms with Gasteiger partial charge in [0.25, 0.3) is 5.97 Å². The summed E-state index contributed by atoms with van der Waals surface area (Å²) in [5.41, 5.74) is 6.94. The summed E-state index contributed by atoms with van der Waals surface area (Å²) in [6.07, 6.45) is 0. The molecule has 0 aliphatic heterocycles. The van der Waals surface area contributed by atoms with Gasteiger partial charge in [-0.2, -0.15) is 0 Å². The molecule has 0 rings (SSSR count). The monoisotopic (exact) mass is 180 g/mol. The van der Waals surface area contributed by atoms with E-state index in [9.17, 15) is 0 Å². The molecule has 0 radical (unpaired) electrons. The fourth-order valence-corrected chi connectivity index (χ4v) is 0.